The van der Waals surface area contributed by atoms with Crippen molar-refractivity contribution in [2.75, 3.05) is 5.73 Å². The van der Waals surface area contributed by atoms with E-state index in [9.17, 15) is 0 Å². The summed E-state index contributed by atoms with van der Waals surface area (Å²) in [6, 6.07) is 31.0. The maximum atomic E-state index is 6.23. The third kappa shape index (κ3) is 2.35. The minimum atomic E-state index is 0.769. The lowest BCUT2D eigenvalue weighted by Crippen LogP contribution is -1.84. The molecule has 0 amide bonds. The van der Waals surface area contributed by atoms with Gasteiger partial charge in [-0.3, -0.25) is 0 Å². The molecule has 0 aliphatic carbocycles. The Labute approximate surface area is 151 Å². The number of furan rings is 1. The number of benzene rings is 4. The Morgan fingerprint density at radius 2 is 1.35 bits per heavy atom. The highest BCUT2D eigenvalue weighted by atomic mass is 16.3. The molecule has 1 aromatic heterocycles. The fraction of sp³-hybridized carbons (Fsp3) is 0. The van der Waals surface area contributed by atoms with Gasteiger partial charge in [-0.05, 0) is 41.0 Å². The van der Waals surface area contributed by atoms with Crippen LogP contribution in [0.1, 0.15) is 0 Å². The lowest BCUT2D eigenvalue weighted by Gasteiger charge is -2.03. The van der Waals surface area contributed by atoms with E-state index in [0.717, 1.165) is 49.9 Å². The molecule has 26 heavy (non-hydrogen) atoms. The maximum absolute atomic E-state index is 6.23. The average Bonchev–Trinajstić information content (AvgIpc) is 3.06. The van der Waals surface area contributed by atoms with Crippen molar-refractivity contribution in [1.29, 1.82) is 0 Å². The number of anilines is 1. The summed E-state index contributed by atoms with van der Waals surface area (Å²) >= 11 is 0. The van der Waals surface area contributed by atoms with Crippen molar-refractivity contribution in [3.8, 4) is 22.3 Å². The summed E-state index contributed by atoms with van der Waals surface area (Å²) in [5, 5.41) is 2.25. The summed E-state index contributed by atoms with van der Waals surface area (Å²) in [5.74, 6) is 0. The van der Waals surface area contributed by atoms with E-state index in [1.165, 1.54) is 0 Å². The zero-order valence-electron chi connectivity index (χ0n) is 14.1. The molecule has 0 saturated carbocycles. The number of fused-ring (bicyclic) bond motifs is 3. The molecule has 5 rings (SSSR count). The van der Waals surface area contributed by atoms with Crippen LogP contribution in [0.25, 0.3) is 44.2 Å². The second-order valence-corrected chi connectivity index (χ2v) is 6.49. The average molecular weight is 335 g/mol. The molecule has 0 bridgehead atoms. The van der Waals surface area contributed by atoms with Gasteiger partial charge < -0.3 is 10.2 Å². The fourth-order valence-corrected chi connectivity index (χ4v) is 3.54. The summed E-state index contributed by atoms with van der Waals surface area (Å²) in [4.78, 5) is 0. The lowest BCUT2D eigenvalue weighted by atomic mass is 10.00. The Morgan fingerprint density at radius 1 is 0.577 bits per heavy atom. The maximum Gasteiger partial charge on any atom is 0.143 e. The number of para-hydroxylation sites is 1. The molecule has 0 unspecified atom stereocenters. The van der Waals surface area contributed by atoms with E-state index >= 15 is 0 Å². The van der Waals surface area contributed by atoms with Crippen molar-refractivity contribution < 1.29 is 4.42 Å². The van der Waals surface area contributed by atoms with Crippen molar-refractivity contribution >= 4 is 27.6 Å². The molecule has 1 heterocycles. The Morgan fingerprint density at radius 3 is 2.19 bits per heavy atom. The topological polar surface area (TPSA) is 39.2 Å². The van der Waals surface area contributed by atoms with E-state index in [4.69, 9.17) is 10.2 Å². The van der Waals surface area contributed by atoms with Crippen molar-refractivity contribution in [2.24, 2.45) is 0 Å². The molecule has 0 aliphatic heterocycles. The largest absolute Gasteiger partial charge is 0.455 e. The van der Waals surface area contributed by atoms with Crippen molar-refractivity contribution in [1.82, 2.24) is 0 Å². The molecular weight excluding hydrogens is 318 g/mol. The minimum absolute atomic E-state index is 0.769. The molecule has 0 atom stereocenters. The molecule has 0 aliphatic rings. The SMILES string of the molecule is Nc1cccc(-c2ccc3oc4c(-c5ccccc5)cccc4c3c2)c1. The quantitative estimate of drug-likeness (QED) is 0.374. The first-order valence-electron chi connectivity index (χ1n) is 8.66. The van der Waals surface area contributed by atoms with E-state index < -0.39 is 0 Å². The van der Waals surface area contributed by atoms with Crippen LogP contribution in [0.5, 0.6) is 0 Å². The fourth-order valence-electron chi connectivity index (χ4n) is 3.54. The summed E-state index contributed by atoms with van der Waals surface area (Å²) in [6.07, 6.45) is 0. The number of nitrogens with two attached hydrogens (primary N) is 1. The zero-order valence-corrected chi connectivity index (χ0v) is 14.1. The molecule has 0 saturated heterocycles. The van der Waals surface area contributed by atoms with Gasteiger partial charge in [0, 0.05) is 22.0 Å². The highest BCUT2D eigenvalue weighted by molar-refractivity contribution is 6.10. The molecule has 5 aromatic rings. The zero-order chi connectivity index (χ0) is 17.5. The Hall–Kier alpha value is -3.52. The Bertz CT molecular complexity index is 1240. The van der Waals surface area contributed by atoms with Crippen molar-refractivity contribution in [3.63, 3.8) is 0 Å². The van der Waals surface area contributed by atoms with Crippen LogP contribution in [0.4, 0.5) is 5.69 Å². The highest BCUT2D eigenvalue weighted by Crippen LogP contribution is 2.37. The molecule has 124 valence electrons. The number of hydrogen-bond donors (Lipinski definition) is 1. The molecule has 0 fully saturated rings. The second kappa shape index (κ2) is 5.78. The first kappa shape index (κ1) is 14.8. The smallest absolute Gasteiger partial charge is 0.143 e. The van der Waals surface area contributed by atoms with E-state index in [2.05, 4.69) is 60.7 Å². The normalized spacial score (nSPS) is 11.2. The molecule has 2 heteroatoms. The van der Waals surface area contributed by atoms with Crippen LogP contribution in [-0.2, 0) is 0 Å². The third-order valence-corrected chi connectivity index (χ3v) is 4.80. The van der Waals surface area contributed by atoms with Crippen LogP contribution in [0, 0.1) is 0 Å². The number of nitrogen functional groups attached to an aromatic ring is 1. The van der Waals surface area contributed by atoms with Crippen LogP contribution in [0.2, 0.25) is 0 Å². The van der Waals surface area contributed by atoms with E-state index in [1.54, 1.807) is 0 Å². The van der Waals surface area contributed by atoms with Crippen LogP contribution in [-0.4, -0.2) is 0 Å². The van der Waals surface area contributed by atoms with Crippen LogP contribution < -0.4 is 5.73 Å². The molecule has 0 radical (unpaired) electrons. The van der Waals surface area contributed by atoms with Crippen molar-refractivity contribution in [3.05, 3.63) is 91.0 Å². The number of rotatable bonds is 2. The van der Waals surface area contributed by atoms with Gasteiger partial charge >= 0.3 is 0 Å². The molecular formula is C24H17NO. The first-order chi connectivity index (χ1) is 12.8. The van der Waals surface area contributed by atoms with Gasteiger partial charge in [0.1, 0.15) is 11.2 Å². The molecule has 4 aromatic carbocycles. The van der Waals surface area contributed by atoms with Gasteiger partial charge in [-0.2, -0.15) is 0 Å². The van der Waals surface area contributed by atoms with Gasteiger partial charge in [0.05, 0.1) is 0 Å². The predicted octanol–water partition coefficient (Wildman–Crippen LogP) is 6.50. The van der Waals surface area contributed by atoms with Crippen LogP contribution in [0.15, 0.2) is 95.4 Å². The first-order valence-corrected chi connectivity index (χ1v) is 8.66. The van der Waals surface area contributed by atoms with Crippen LogP contribution in [0.3, 0.4) is 0 Å². The standard InChI is InChI=1S/C24H17NO/c25-19-9-4-8-17(14-19)18-12-13-23-22(15-18)21-11-5-10-20(24(21)26-23)16-6-2-1-3-7-16/h1-15H,25H2. The van der Waals surface area contributed by atoms with Gasteiger partial charge in [-0.15, -0.1) is 0 Å². The minimum Gasteiger partial charge on any atom is -0.455 e. The monoisotopic (exact) mass is 335 g/mol. The van der Waals surface area contributed by atoms with Gasteiger partial charge in [0.15, 0.2) is 0 Å². The summed E-state index contributed by atoms with van der Waals surface area (Å²) < 4.78 is 6.23. The van der Waals surface area contributed by atoms with Gasteiger partial charge in [-0.25, -0.2) is 0 Å². The van der Waals surface area contributed by atoms with E-state index in [-0.39, 0.29) is 0 Å². The predicted molar refractivity (Wildman–Crippen MR) is 109 cm³/mol. The van der Waals surface area contributed by atoms with Gasteiger partial charge in [0.25, 0.3) is 0 Å². The summed E-state index contributed by atoms with van der Waals surface area (Å²) in [6.45, 7) is 0. The Balaban J connectivity index is 1.76. The molecule has 2 nitrogen and oxygen atoms in total. The van der Waals surface area contributed by atoms with Crippen LogP contribution >= 0.6 is 0 Å². The number of hydrogen-bond acceptors (Lipinski definition) is 2. The summed E-state index contributed by atoms with van der Waals surface area (Å²) in [7, 11) is 0. The van der Waals surface area contributed by atoms with E-state index in [1.807, 2.05) is 30.3 Å². The second-order valence-electron chi connectivity index (χ2n) is 6.49. The molecule has 0 spiro atoms. The highest BCUT2D eigenvalue weighted by Gasteiger charge is 2.12. The van der Waals surface area contributed by atoms with Gasteiger partial charge in [-0.1, -0.05) is 66.7 Å². The lowest BCUT2D eigenvalue weighted by molar-refractivity contribution is 0.670. The molecule has 2 N–H and O–H groups in total. The van der Waals surface area contributed by atoms with Gasteiger partial charge in [0.2, 0.25) is 0 Å². The third-order valence-electron chi connectivity index (χ3n) is 4.80. The summed E-state index contributed by atoms with van der Waals surface area (Å²) in [5.41, 5.74) is 13.1. The van der Waals surface area contributed by atoms with E-state index in [0.29, 0.717) is 0 Å². The van der Waals surface area contributed by atoms with Crippen molar-refractivity contribution in [2.45, 2.75) is 0 Å². The Kier molecular flexibility index (Phi) is 3.29.